The van der Waals surface area contributed by atoms with Crippen LogP contribution in [-0.2, 0) is 4.74 Å². The van der Waals surface area contributed by atoms with Gasteiger partial charge in [0.2, 0.25) is 0 Å². The third-order valence-corrected chi connectivity index (χ3v) is 2.50. The molecule has 0 aliphatic carbocycles. The molecule has 0 unspecified atom stereocenters. The van der Waals surface area contributed by atoms with Gasteiger partial charge in [-0.3, -0.25) is 0 Å². The van der Waals surface area contributed by atoms with Crippen molar-refractivity contribution in [1.82, 2.24) is 0 Å². The van der Waals surface area contributed by atoms with Crippen LogP contribution >= 0.6 is 0 Å². The van der Waals surface area contributed by atoms with Crippen LogP contribution in [0.4, 0.5) is 10.1 Å². The average Bonchev–Trinajstić information content (AvgIpc) is 2.31. The lowest BCUT2D eigenvalue weighted by Crippen LogP contribution is -2.22. The van der Waals surface area contributed by atoms with Crippen LogP contribution in [0.15, 0.2) is 18.2 Å². The third-order valence-electron chi connectivity index (χ3n) is 2.50. The maximum absolute atomic E-state index is 13.1. The van der Waals surface area contributed by atoms with Crippen LogP contribution in [-0.4, -0.2) is 19.8 Å². The maximum atomic E-state index is 13.1. The Kier molecular flexibility index (Phi) is 5.77. The number of ether oxygens (including phenoxy) is 2. The number of nitrogen functional groups attached to an aromatic ring is 1. The largest absolute Gasteiger partial charge is 0.486 e. The predicted octanol–water partition coefficient (Wildman–Crippen LogP) is 2.99. The SMILES string of the molecule is CCCC[C@H](COC)Oc1cc(F)ccc1N. The standard InChI is InChI=1S/C13H20FNO2/c1-3-4-5-11(9-16-2)17-13-8-10(14)6-7-12(13)15/h6-8,11H,3-5,9,15H2,1-2H3/t11-/m1/s1. The van der Waals surface area contributed by atoms with Crippen molar-refractivity contribution < 1.29 is 13.9 Å². The number of methoxy groups -OCH3 is 1. The minimum Gasteiger partial charge on any atom is -0.486 e. The Morgan fingerprint density at radius 2 is 2.18 bits per heavy atom. The summed E-state index contributed by atoms with van der Waals surface area (Å²) in [5, 5.41) is 0. The van der Waals surface area contributed by atoms with Crippen LogP contribution < -0.4 is 10.5 Å². The van der Waals surface area contributed by atoms with Crippen molar-refractivity contribution in [3.8, 4) is 5.75 Å². The minimum absolute atomic E-state index is 0.0796. The van der Waals surface area contributed by atoms with Crippen molar-refractivity contribution in [2.75, 3.05) is 19.5 Å². The molecular weight excluding hydrogens is 221 g/mol. The molecule has 17 heavy (non-hydrogen) atoms. The molecule has 1 aromatic carbocycles. The number of rotatable bonds is 7. The van der Waals surface area contributed by atoms with Gasteiger partial charge in [-0.1, -0.05) is 13.3 Å². The first-order chi connectivity index (χ1) is 8.17. The topological polar surface area (TPSA) is 44.5 Å². The molecule has 0 aliphatic rings. The van der Waals surface area contributed by atoms with Crippen molar-refractivity contribution in [3.63, 3.8) is 0 Å². The molecule has 0 heterocycles. The van der Waals surface area contributed by atoms with Crippen LogP contribution in [0.3, 0.4) is 0 Å². The van der Waals surface area contributed by atoms with Crippen molar-refractivity contribution in [1.29, 1.82) is 0 Å². The third kappa shape index (κ3) is 4.61. The molecular formula is C13H20FNO2. The second-order valence-electron chi connectivity index (χ2n) is 4.02. The zero-order valence-electron chi connectivity index (χ0n) is 10.4. The molecule has 0 radical (unpaired) electrons. The van der Waals surface area contributed by atoms with E-state index < -0.39 is 0 Å². The van der Waals surface area contributed by atoms with Crippen LogP contribution in [0, 0.1) is 5.82 Å². The lowest BCUT2D eigenvalue weighted by molar-refractivity contribution is 0.0746. The number of halogens is 1. The van der Waals surface area contributed by atoms with E-state index in [1.54, 1.807) is 7.11 Å². The Balaban J connectivity index is 2.67. The Labute approximate surface area is 102 Å². The van der Waals surface area contributed by atoms with E-state index in [1.807, 2.05) is 0 Å². The van der Waals surface area contributed by atoms with E-state index in [2.05, 4.69) is 6.92 Å². The van der Waals surface area contributed by atoms with Crippen molar-refractivity contribution in [3.05, 3.63) is 24.0 Å². The molecule has 96 valence electrons. The van der Waals surface area contributed by atoms with Gasteiger partial charge in [0, 0.05) is 13.2 Å². The number of hydrogen-bond acceptors (Lipinski definition) is 3. The molecule has 1 rings (SSSR count). The number of unbranched alkanes of at least 4 members (excludes halogenated alkanes) is 1. The molecule has 4 heteroatoms. The summed E-state index contributed by atoms with van der Waals surface area (Å²) in [6.07, 6.45) is 2.93. The van der Waals surface area contributed by atoms with Gasteiger partial charge in [0.15, 0.2) is 0 Å². The highest BCUT2D eigenvalue weighted by atomic mass is 19.1. The van der Waals surface area contributed by atoms with E-state index in [0.29, 0.717) is 18.0 Å². The molecule has 0 aliphatic heterocycles. The van der Waals surface area contributed by atoms with Gasteiger partial charge >= 0.3 is 0 Å². The average molecular weight is 241 g/mol. The number of anilines is 1. The van der Waals surface area contributed by atoms with Gasteiger partial charge in [-0.25, -0.2) is 4.39 Å². The highest BCUT2D eigenvalue weighted by Crippen LogP contribution is 2.24. The van der Waals surface area contributed by atoms with Gasteiger partial charge in [-0.2, -0.15) is 0 Å². The molecule has 0 saturated carbocycles. The molecule has 1 atom stereocenters. The number of benzene rings is 1. The van der Waals surface area contributed by atoms with Crippen LogP contribution in [0.1, 0.15) is 26.2 Å². The van der Waals surface area contributed by atoms with Crippen molar-refractivity contribution in [2.45, 2.75) is 32.3 Å². The van der Waals surface area contributed by atoms with E-state index >= 15 is 0 Å². The second kappa shape index (κ2) is 7.12. The van der Waals surface area contributed by atoms with Crippen molar-refractivity contribution in [2.24, 2.45) is 0 Å². The second-order valence-corrected chi connectivity index (χ2v) is 4.02. The summed E-state index contributed by atoms with van der Waals surface area (Å²) >= 11 is 0. The van der Waals surface area contributed by atoms with Gasteiger partial charge in [0.1, 0.15) is 17.7 Å². The fourth-order valence-corrected chi connectivity index (χ4v) is 1.58. The summed E-state index contributed by atoms with van der Waals surface area (Å²) < 4.78 is 23.8. The first-order valence-electron chi connectivity index (χ1n) is 5.88. The van der Waals surface area contributed by atoms with Crippen LogP contribution in [0.25, 0.3) is 0 Å². The summed E-state index contributed by atoms with van der Waals surface area (Å²) in [7, 11) is 1.62. The van der Waals surface area contributed by atoms with E-state index in [1.165, 1.54) is 18.2 Å². The Morgan fingerprint density at radius 3 is 2.82 bits per heavy atom. The summed E-state index contributed by atoms with van der Waals surface area (Å²) in [6.45, 7) is 2.59. The summed E-state index contributed by atoms with van der Waals surface area (Å²) in [6, 6.07) is 4.14. The molecule has 0 bridgehead atoms. The Hall–Kier alpha value is -1.29. The Morgan fingerprint density at radius 1 is 1.41 bits per heavy atom. The van der Waals surface area contributed by atoms with Gasteiger partial charge in [0.05, 0.1) is 12.3 Å². The lowest BCUT2D eigenvalue weighted by atomic mass is 10.1. The molecule has 0 aromatic heterocycles. The van der Waals surface area contributed by atoms with Crippen LogP contribution in [0.5, 0.6) is 5.75 Å². The smallest absolute Gasteiger partial charge is 0.145 e. The summed E-state index contributed by atoms with van der Waals surface area (Å²) in [4.78, 5) is 0. The van der Waals surface area contributed by atoms with Gasteiger partial charge in [0.25, 0.3) is 0 Å². The number of hydrogen-bond donors (Lipinski definition) is 1. The lowest BCUT2D eigenvalue weighted by Gasteiger charge is -2.19. The van der Waals surface area contributed by atoms with E-state index in [9.17, 15) is 4.39 Å². The highest BCUT2D eigenvalue weighted by molar-refractivity contribution is 5.52. The summed E-state index contributed by atoms with van der Waals surface area (Å²) in [5.74, 6) is 0.0454. The zero-order chi connectivity index (χ0) is 12.7. The minimum atomic E-state index is -0.346. The monoisotopic (exact) mass is 241 g/mol. The molecule has 2 N–H and O–H groups in total. The van der Waals surface area contributed by atoms with Gasteiger partial charge in [-0.05, 0) is 25.0 Å². The van der Waals surface area contributed by atoms with E-state index in [4.69, 9.17) is 15.2 Å². The molecule has 0 amide bonds. The van der Waals surface area contributed by atoms with E-state index in [-0.39, 0.29) is 11.9 Å². The quantitative estimate of drug-likeness (QED) is 0.746. The molecule has 0 spiro atoms. The molecule has 0 saturated heterocycles. The predicted molar refractivity (Wildman–Crippen MR) is 66.6 cm³/mol. The zero-order valence-corrected chi connectivity index (χ0v) is 10.4. The van der Waals surface area contributed by atoms with Crippen LogP contribution in [0.2, 0.25) is 0 Å². The normalized spacial score (nSPS) is 12.4. The van der Waals surface area contributed by atoms with Crippen molar-refractivity contribution >= 4 is 5.69 Å². The fraction of sp³-hybridized carbons (Fsp3) is 0.538. The Bertz CT molecular complexity index is 344. The summed E-state index contributed by atoms with van der Waals surface area (Å²) in [5.41, 5.74) is 6.18. The first-order valence-corrected chi connectivity index (χ1v) is 5.88. The fourth-order valence-electron chi connectivity index (χ4n) is 1.58. The highest BCUT2D eigenvalue weighted by Gasteiger charge is 2.12. The van der Waals surface area contributed by atoms with Gasteiger partial charge < -0.3 is 15.2 Å². The molecule has 3 nitrogen and oxygen atoms in total. The van der Waals surface area contributed by atoms with E-state index in [0.717, 1.165) is 19.3 Å². The first kappa shape index (κ1) is 13.8. The molecule has 1 aromatic rings. The molecule has 0 fully saturated rings. The maximum Gasteiger partial charge on any atom is 0.145 e. The van der Waals surface area contributed by atoms with Gasteiger partial charge in [-0.15, -0.1) is 0 Å². The number of nitrogens with two attached hydrogens (primary N) is 1.